The van der Waals surface area contributed by atoms with Crippen molar-refractivity contribution in [3.63, 3.8) is 0 Å². The Bertz CT molecular complexity index is 851. The molecule has 1 N–H and O–H groups in total. The van der Waals surface area contributed by atoms with Gasteiger partial charge in [-0.15, -0.1) is 11.3 Å². The maximum Gasteiger partial charge on any atom is 0.418 e. The number of nitrogens with zero attached hydrogens (tertiary/aromatic N) is 2. The van der Waals surface area contributed by atoms with Crippen molar-refractivity contribution < 1.29 is 22.9 Å². The molecule has 138 valence electrons. The number of non-ortho nitro benzene ring substituents is 1. The maximum absolute atomic E-state index is 13.1. The van der Waals surface area contributed by atoms with Crippen LogP contribution in [0.1, 0.15) is 16.0 Å². The Morgan fingerprint density at radius 2 is 2.12 bits per heavy atom. The number of rotatable bonds is 4. The van der Waals surface area contributed by atoms with E-state index in [0.29, 0.717) is 19.2 Å². The van der Waals surface area contributed by atoms with E-state index in [1.54, 1.807) is 16.2 Å². The summed E-state index contributed by atoms with van der Waals surface area (Å²) in [4.78, 5) is 24.9. The Kier molecular flexibility index (Phi) is 4.86. The van der Waals surface area contributed by atoms with Gasteiger partial charge in [0.1, 0.15) is 0 Å². The third-order valence-electron chi connectivity index (χ3n) is 4.11. The number of anilines is 1. The van der Waals surface area contributed by atoms with Crippen LogP contribution >= 0.6 is 11.3 Å². The molecule has 0 bridgehead atoms. The van der Waals surface area contributed by atoms with E-state index in [-0.39, 0.29) is 18.1 Å². The van der Waals surface area contributed by atoms with Crippen LogP contribution in [0, 0.1) is 10.1 Å². The van der Waals surface area contributed by atoms with E-state index in [4.69, 9.17) is 0 Å². The molecule has 0 fully saturated rings. The van der Waals surface area contributed by atoms with Gasteiger partial charge in [0.15, 0.2) is 0 Å². The zero-order valence-corrected chi connectivity index (χ0v) is 14.2. The Labute approximate surface area is 150 Å². The minimum atomic E-state index is -4.77. The van der Waals surface area contributed by atoms with Crippen molar-refractivity contribution in [2.45, 2.75) is 19.1 Å². The lowest BCUT2D eigenvalue weighted by Crippen LogP contribution is -2.39. The van der Waals surface area contributed by atoms with Crippen LogP contribution in [0.25, 0.3) is 0 Å². The van der Waals surface area contributed by atoms with E-state index >= 15 is 0 Å². The first-order valence-corrected chi connectivity index (χ1v) is 8.56. The third-order valence-corrected chi connectivity index (χ3v) is 5.13. The number of carbonyl (C=O) groups excluding carboxylic acids is 1. The van der Waals surface area contributed by atoms with Gasteiger partial charge in [-0.05, 0) is 29.5 Å². The van der Waals surface area contributed by atoms with Crippen molar-refractivity contribution >= 4 is 28.6 Å². The van der Waals surface area contributed by atoms with Crippen molar-refractivity contribution in [3.8, 4) is 0 Å². The minimum Gasteiger partial charge on any atom is -0.376 e. The second-order valence-corrected chi connectivity index (χ2v) is 6.77. The summed E-state index contributed by atoms with van der Waals surface area (Å²) in [5.74, 6) is -0.326. The normalized spacial score (nSPS) is 14.0. The average molecular weight is 385 g/mol. The second-order valence-electron chi connectivity index (χ2n) is 5.77. The number of thiophene rings is 1. The number of nitrogens with one attached hydrogen (secondary N) is 1. The predicted octanol–water partition coefficient (Wildman–Crippen LogP) is 3.67. The molecule has 26 heavy (non-hydrogen) atoms. The zero-order chi connectivity index (χ0) is 18.9. The summed E-state index contributed by atoms with van der Waals surface area (Å²) in [7, 11) is 0. The molecule has 0 aliphatic carbocycles. The third kappa shape index (κ3) is 3.79. The van der Waals surface area contributed by atoms with Gasteiger partial charge >= 0.3 is 6.18 Å². The maximum atomic E-state index is 13.1. The van der Waals surface area contributed by atoms with E-state index < -0.39 is 22.4 Å². The molecule has 0 unspecified atom stereocenters. The van der Waals surface area contributed by atoms with Gasteiger partial charge < -0.3 is 10.2 Å². The van der Waals surface area contributed by atoms with Gasteiger partial charge in [-0.25, -0.2) is 0 Å². The number of benzene rings is 1. The number of hydrogen-bond donors (Lipinski definition) is 1. The van der Waals surface area contributed by atoms with Crippen LogP contribution in [0.4, 0.5) is 24.5 Å². The SMILES string of the molecule is O=C(CNc1ccc([N+](=O)[O-])cc1C(F)(F)F)N1CCc2sccc2C1. The summed E-state index contributed by atoms with van der Waals surface area (Å²) in [5, 5.41) is 15.1. The summed E-state index contributed by atoms with van der Waals surface area (Å²) in [6.45, 7) is 0.631. The fraction of sp³-hybridized carbons (Fsp3) is 0.312. The summed E-state index contributed by atoms with van der Waals surface area (Å²) in [6.07, 6.45) is -4.04. The first-order valence-electron chi connectivity index (χ1n) is 7.68. The predicted molar refractivity (Wildman–Crippen MR) is 90.0 cm³/mol. The molecule has 0 radical (unpaired) electrons. The van der Waals surface area contributed by atoms with Crippen LogP contribution in [-0.4, -0.2) is 28.8 Å². The van der Waals surface area contributed by atoms with Crippen LogP contribution in [0.3, 0.4) is 0 Å². The molecule has 2 heterocycles. The van der Waals surface area contributed by atoms with Crippen molar-refractivity contribution in [1.29, 1.82) is 0 Å². The Hall–Kier alpha value is -2.62. The monoisotopic (exact) mass is 385 g/mol. The van der Waals surface area contributed by atoms with Crippen LogP contribution in [0.5, 0.6) is 0 Å². The quantitative estimate of drug-likeness (QED) is 0.644. The number of alkyl halides is 3. The first kappa shape index (κ1) is 18.2. The lowest BCUT2D eigenvalue weighted by molar-refractivity contribution is -0.385. The molecule has 1 amide bonds. The highest BCUT2D eigenvalue weighted by molar-refractivity contribution is 7.10. The van der Waals surface area contributed by atoms with Crippen molar-refractivity contribution in [3.05, 3.63) is 55.8 Å². The summed E-state index contributed by atoms with van der Waals surface area (Å²) < 4.78 is 39.4. The molecule has 0 atom stereocenters. The molecule has 0 saturated heterocycles. The molecule has 0 saturated carbocycles. The fourth-order valence-electron chi connectivity index (χ4n) is 2.78. The number of amides is 1. The highest BCUT2D eigenvalue weighted by Crippen LogP contribution is 2.37. The van der Waals surface area contributed by atoms with Crippen LogP contribution < -0.4 is 5.32 Å². The van der Waals surface area contributed by atoms with Crippen LogP contribution in [0.15, 0.2) is 29.6 Å². The van der Waals surface area contributed by atoms with E-state index in [1.165, 1.54) is 4.88 Å². The summed E-state index contributed by atoms with van der Waals surface area (Å²) >= 11 is 1.62. The molecule has 1 aromatic carbocycles. The fourth-order valence-corrected chi connectivity index (χ4v) is 3.67. The molecule has 1 aromatic heterocycles. The molecule has 1 aliphatic rings. The summed E-state index contributed by atoms with van der Waals surface area (Å²) in [5.41, 5.74) is -1.13. The van der Waals surface area contributed by atoms with Gasteiger partial charge in [0, 0.05) is 35.8 Å². The number of nitro benzene ring substituents is 1. The molecular formula is C16H14F3N3O3S. The van der Waals surface area contributed by atoms with Crippen LogP contribution in [-0.2, 0) is 23.9 Å². The zero-order valence-electron chi connectivity index (χ0n) is 13.4. The van der Waals surface area contributed by atoms with E-state index in [0.717, 1.165) is 24.1 Å². The number of hydrogen-bond acceptors (Lipinski definition) is 5. The van der Waals surface area contributed by atoms with Gasteiger partial charge in [0.05, 0.1) is 17.0 Å². The molecule has 1 aliphatic heterocycles. The Balaban J connectivity index is 1.71. The van der Waals surface area contributed by atoms with Gasteiger partial charge in [0.25, 0.3) is 5.69 Å². The van der Waals surface area contributed by atoms with E-state index in [9.17, 15) is 28.1 Å². The van der Waals surface area contributed by atoms with Gasteiger partial charge in [-0.2, -0.15) is 13.2 Å². The van der Waals surface area contributed by atoms with Crippen molar-refractivity contribution in [2.75, 3.05) is 18.4 Å². The largest absolute Gasteiger partial charge is 0.418 e. The standard InChI is InChI=1S/C16H14F3N3O3S/c17-16(18,19)12-7-11(22(24)25)1-2-13(12)20-8-15(23)21-5-3-14-10(9-21)4-6-26-14/h1-2,4,6-7,20H,3,5,8-9H2. The molecule has 10 heteroatoms. The average Bonchev–Trinajstić information content (AvgIpc) is 3.06. The van der Waals surface area contributed by atoms with Crippen molar-refractivity contribution in [2.24, 2.45) is 0 Å². The smallest absolute Gasteiger partial charge is 0.376 e. The Morgan fingerprint density at radius 3 is 2.81 bits per heavy atom. The lowest BCUT2D eigenvalue weighted by Gasteiger charge is -2.27. The Morgan fingerprint density at radius 1 is 1.35 bits per heavy atom. The van der Waals surface area contributed by atoms with Crippen LogP contribution in [0.2, 0.25) is 0 Å². The van der Waals surface area contributed by atoms with Gasteiger partial charge in [-0.1, -0.05) is 0 Å². The molecule has 6 nitrogen and oxygen atoms in total. The summed E-state index contributed by atoms with van der Waals surface area (Å²) in [6, 6.07) is 4.35. The highest BCUT2D eigenvalue weighted by Gasteiger charge is 2.35. The molecule has 2 aromatic rings. The van der Waals surface area contributed by atoms with Crippen molar-refractivity contribution in [1.82, 2.24) is 4.90 Å². The second kappa shape index (κ2) is 6.94. The lowest BCUT2D eigenvalue weighted by atomic mass is 10.1. The molecule has 0 spiro atoms. The molecule has 3 rings (SSSR count). The number of nitro groups is 1. The van der Waals surface area contributed by atoms with Gasteiger partial charge in [-0.3, -0.25) is 14.9 Å². The van der Waals surface area contributed by atoms with E-state index in [1.807, 2.05) is 11.4 Å². The highest BCUT2D eigenvalue weighted by atomic mass is 32.1. The number of carbonyl (C=O) groups is 1. The van der Waals surface area contributed by atoms with E-state index in [2.05, 4.69) is 5.32 Å². The molecular weight excluding hydrogens is 371 g/mol. The minimum absolute atomic E-state index is 0.319. The first-order chi connectivity index (χ1) is 12.3. The number of halogens is 3. The van der Waals surface area contributed by atoms with Gasteiger partial charge in [0.2, 0.25) is 5.91 Å². The topological polar surface area (TPSA) is 75.5 Å². The number of fused-ring (bicyclic) bond motifs is 1.